The lowest BCUT2D eigenvalue weighted by Gasteiger charge is -2.24. The minimum absolute atomic E-state index is 0. The van der Waals surface area contributed by atoms with Gasteiger partial charge < -0.3 is 11.1 Å². The van der Waals surface area contributed by atoms with Gasteiger partial charge in [0.1, 0.15) is 0 Å². The zero-order valence-electron chi connectivity index (χ0n) is 12.6. The minimum atomic E-state index is -0.106. The lowest BCUT2D eigenvalue weighted by Crippen LogP contribution is -2.48. The first-order chi connectivity index (χ1) is 10.2. The summed E-state index contributed by atoms with van der Waals surface area (Å²) < 4.78 is 0. The smallest absolute Gasteiger partial charge is 0.202 e. The first-order valence-electron chi connectivity index (χ1n) is 7.41. The second-order valence-electron chi connectivity index (χ2n) is 5.22. The van der Waals surface area contributed by atoms with Crippen LogP contribution in [0.3, 0.4) is 0 Å². The number of nitrogens with one attached hydrogen (secondary N) is 3. The summed E-state index contributed by atoms with van der Waals surface area (Å²) in [4.78, 5) is 4.35. The predicted molar refractivity (Wildman–Crippen MR) is 95.2 cm³/mol. The van der Waals surface area contributed by atoms with Crippen LogP contribution in [0.15, 0.2) is 41.5 Å². The molecule has 0 atom stereocenters. The average Bonchev–Trinajstić information content (AvgIpc) is 2.49. The molecule has 1 aliphatic rings. The van der Waals surface area contributed by atoms with Gasteiger partial charge in [-0.1, -0.05) is 49.6 Å². The highest BCUT2D eigenvalue weighted by Crippen LogP contribution is 2.17. The van der Waals surface area contributed by atoms with E-state index in [0.717, 1.165) is 18.4 Å². The minimum Gasteiger partial charge on any atom is -0.370 e. The number of hydrogen-bond acceptors (Lipinski definition) is 2. The third-order valence-electron chi connectivity index (χ3n) is 3.47. The Bertz CT molecular complexity index is 507. The van der Waals surface area contributed by atoms with Gasteiger partial charge in [-0.2, -0.15) is 0 Å². The highest BCUT2D eigenvalue weighted by Gasteiger charge is 2.14. The fourth-order valence-corrected chi connectivity index (χ4v) is 2.44. The van der Waals surface area contributed by atoms with E-state index >= 15 is 0 Å². The SMILES string of the molecule is Cl.N=C(N)NC(=NC=Cc1ccccc1)NC1CCCCC1. The third kappa shape index (κ3) is 6.63. The topological polar surface area (TPSA) is 86.3 Å². The summed E-state index contributed by atoms with van der Waals surface area (Å²) in [7, 11) is 0. The van der Waals surface area contributed by atoms with Crippen LogP contribution in [0.5, 0.6) is 0 Å². The van der Waals surface area contributed by atoms with Crippen LogP contribution < -0.4 is 16.4 Å². The largest absolute Gasteiger partial charge is 0.370 e. The Balaban J connectivity index is 0.00000242. The van der Waals surface area contributed by atoms with Crippen LogP contribution in [0, 0.1) is 5.41 Å². The van der Waals surface area contributed by atoms with Crippen molar-refractivity contribution < 1.29 is 0 Å². The van der Waals surface area contributed by atoms with E-state index in [0.29, 0.717) is 12.0 Å². The number of guanidine groups is 2. The molecule has 1 saturated carbocycles. The first kappa shape index (κ1) is 18.0. The summed E-state index contributed by atoms with van der Waals surface area (Å²) in [5.41, 5.74) is 6.49. The van der Waals surface area contributed by atoms with Crippen molar-refractivity contribution in [2.75, 3.05) is 0 Å². The predicted octanol–water partition coefficient (Wildman–Crippen LogP) is 2.84. The normalized spacial score (nSPS) is 16.1. The summed E-state index contributed by atoms with van der Waals surface area (Å²) >= 11 is 0. The van der Waals surface area contributed by atoms with Crippen LogP contribution in [-0.4, -0.2) is 18.0 Å². The molecule has 0 amide bonds. The van der Waals surface area contributed by atoms with Gasteiger partial charge in [0.25, 0.3) is 0 Å². The quantitative estimate of drug-likeness (QED) is 0.510. The fraction of sp³-hybridized carbons (Fsp3) is 0.375. The van der Waals surface area contributed by atoms with Gasteiger partial charge in [0.2, 0.25) is 5.96 Å². The average molecular weight is 322 g/mol. The van der Waals surface area contributed by atoms with Crippen molar-refractivity contribution in [3.05, 3.63) is 42.1 Å². The van der Waals surface area contributed by atoms with E-state index in [4.69, 9.17) is 11.1 Å². The zero-order chi connectivity index (χ0) is 14.9. The van der Waals surface area contributed by atoms with Crippen molar-refractivity contribution in [1.82, 2.24) is 10.6 Å². The fourth-order valence-electron chi connectivity index (χ4n) is 2.44. The number of hydrogen-bond donors (Lipinski definition) is 4. The Labute approximate surface area is 138 Å². The van der Waals surface area contributed by atoms with Crippen molar-refractivity contribution in [2.45, 2.75) is 38.1 Å². The number of halogens is 1. The van der Waals surface area contributed by atoms with Crippen molar-refractivity contribution in [1.29, 1.82) is 5.41 Å². The molecule has 2 rings (SSSR count). The van der Waals surface area contributed by atoms with Gasteiger partial charge in [0.05, 0.1) is 0 Å². The number of rotatable bonds is 3. The van der Waals surface area contributed by atoms with E-state index in [2.05, 4.69) is 15.6 Å². The Morgan fingerprint density at radius 2 is 1.86 bits per heavy atom. The van der Waals surface area contributed by atoms with Crippen LogP contribution in [0.1, 0.15) is 37.7 Å². The van der Waals surface area contributed by atoms with E-state index in [1.54, 1.807) is 6.20 Å². The number of benzene rings is 1. The molecule has 0 radical (unpaired) electrons. The van der Waals surface area contributed by atoms with Gasteiger partial charge in [-0.25, -0.2) is 4.99 Å². The summed E-state index contributed by atoms with van der Waals surface area (Å²) in [5, 5.41) is 13.5. The highest BCUT2D eigenvalue weighted by molar-refractivity contribution is 5.97. The molecular formula is C16H24ClN5. The van der Waals surface area contributed by atoms with Crippen LogP contribution in [0.25, 0.3) is 6.08 Å². The molecule has 0 saturated heterocycles. The molecule has 5 N–H and O–H groups in total. The molecule has 0 spiro atoms. The van der Waals surface area contributed by atoms with Crippen LogP contribution in [0.4, 0.5) is 0 Å². The Hall–Kier alpha value is -2.01. The van der Waals surface area contributed by atoms with E-state index in [1.165, 1.54) is 19.3 Å². The standard InChI is InChI=1S/C16H23N5.ClH/c17-15(18)21-16(20-14-9-5-2-6-10-14)19-12-11-13-7-3-1-4-8-13;/h1,3-4,7-8,11-12,14H,2,5-6,9-10H2,(H5,17,18,19,20,21);1H. The lowest BCUT2D eigenvalue weighted by atomic mass is 9.96. The Kier molecular flexibility index (Phi) is 8.07. The van der Waals surface area contributed by atoms with Gasteiger partial charge in [-0.15, -0.1) is 12.4 Å². The van der Waals surface area contributed by atoms with Crippen molar-refractivity contribution in [3.63, 3.8) is 0 Å². The summed E-state index contributed by atoms with van der Waals surface area (Å²) in [6, 6.07) is 10.4. The van der Waals surface area contributed by atoms with Crippen molar-refractivity contribution in [3.8, 4) is 0 Å². The first-order valence-corrected chi connectivity index (χ1v) is 7.41. The van der Waals surface area contributed by atoms with Crippen molar-refractivity contribution >= 4 is 30.4 Å². The molecule has 1 aromatic rings. The zero-order valence-corrected chi connectivity index (χ0v) is 13.4. The van der Waals surface area contributed by atoms with E-state index in [1.807, 2.05) is 36.4 Å². The van der Waals surface area contributed by atoms with Gasteiger partial charge in [-0.05, 0) is 24.5 Å². The summed E-state index contributed by atoms with van der Waals surface area (Å²) in [6.45, 7) is 0. The number of aliphatic imine (C=N–C) groups is 1. The van der Waals surface area contributed by atoms with Gasteiger partial charge >= 0.3 is 0 Å². The molecule has 0 heterocycles. The number of nitrogens with two attached hydrogens (primary N) is 1. The molecule has 120 valence electrons. The summed E-state index contributed by atoms with van der Waals surface area (Å²) in [6.07, 6.45) is 9.71. The lowest BCUT2D eigenvalue weighted by molar-refractivity contribution is 0.411. The van der Waals surface area contributed by atoms with Crippen LogP contribution >= 0.6 is 12.4 Å². The number of nitrogens with zero attached hydrogens (tertiary/aromatic N) is 1. The Morgan fingerprint density at radius 1 is 1.18 bits per heavy atom. The van der Waals surface area contributed by atoms with Gasteiger partial charge in [-0.3, -0.25) is 10.7 Å². The van der Waals surface area contributed by atoms with E-state index in [9.17, 15) is 0 Å². The summed E-state index contributed by atoms with van der Waals surface area (Å²) in [5.74, 6) is 0.437. The molecule has 5 nitrogen and oxygen atoms in total. The van der Waals surface area contributed by atoms with Gasteiger partial charge in [0, 0.05) is 12.2 Å². The highest BCUT2D eigenvalue weighted by atomic mass is 35.5. The molecule has 22 heavy (non-hydrogen) atoms. The van der Waals surface area contributed by atoms with Crippen LogP contribution in [0.2, 0.25) is 0 Å². The monoisotopic (exact) mass is 321 g/mol. The van der Waals surface area contributed by atoms with E-state index < -0.39 is 0 Å². The second-order valence-corrected chi connectivity index (χ2v) is 5.22. The molecule has 0 aliphatic heterocycles. The molecule has 0 unspecified atom stereocenters. The maximum Gasteiger partial charge on any atom is 0.202 e. The molecule has 1 fully saturated rings. The molecule has 6 heteroatoms. The second kappa shape index (κ2) is 9.84. The van der Waals surface area contributed by atoms with Crippen molar-refractivity contribution in [2.24, 2.45) is 10.7 Å². The maximum absolute atomic E-state index is 7.36. The molecule has 1 aliphatic carbocycles. The molecular weight excluding hydrogens is 298 g/mol. The molecule has 0 aromatic heterocycles. The Morgan fingerprint density at radius 3 is 2.50 bits per heavy atom. The van der Waals surface area contributed by atoms with Gasteiger partial charge in [0.15, 0.2) is 5.96 Å². The van der Waals surface area contributed by atoms with Crippen LogP contribution in [-0.2, 0) is 0 Å². The molecule has 1 aromatic carbocycles. The third-order valence-corrected chi connectivity index (χ3v) is 3.47. The molecule has 0 bridgehead atoms. The maximum atomic E-state index is 7.36. The van der Waals surface area contributed by atoms with E-state index in [-0.39, 0.29) is 18.4 Å².